The Labute approximate surface area is 178 Å². The number of piperidine rings is 1. The second kappa shape index (κ2) is 12.4. The fraction of sp³-hybridized carbons (Fsp3) is 0.950. The highest BCUT2D eigenvalue weighted by Gasteiger charge is 2.33. The van der Waals surface area contributed by atoms with Gasteiger partial charge in [-0.3, -0.25) is 4.99 Å². The number of likely N-dealkylation sites (tertiary alicyclic amines) is 1. The Balaban J connectivity index is 0.00000338. The van der Waals surface area contributed by atoms with E-state index >= 15 is 0 Å². The summed E-state index contributed by atoms with van der Waals surface area (Å²) in [5.74, 6) is 1.69. The normalized spacial score (nSPS) is 23.7. The van der Waals surface area contributed by atoms with Crippen LogP contribution in [0.25, 0.3) is 0 Å². The first-order chi connectivity index (χ1) is 12.1. The van der Waals surface area contributed by atoms with Crippen LogP contribution in [0.4, 0.5) is 0 Å². The summed E-state index contributed by atoms with van der Waals surface area (Å²) in [6, 6.07) is 0.656. The summed E-state index contributed by atoms with van der Waals surface area (Å²) < 4.78 is 5.34. The molecule has 6 heteroatoms. The Morgan fingerprint density at radius 3 is 2.58 bits per heavy atom. The summed E-state index contributed by atoms with van der Waals surface area (Å²) in [6.07, 6.45) is 9.12. The molecule has 154 valence electrons. The van der Waals surface area contributed by atoms with Crippen molar-refractivity contribution in [3.05, 3.63) is 0 Å². The zero-order valence-electron chi connectivity index (χ0n) is 17.4. The van der Waals surface area contributed by atoms with Crippen molar-refractivity contribution < 1.29 is 4.74 Å². The highest BCUT2D eigenvalue weighted by molar-refractivity contribution is 14.0. The molecule has 2 fully saturated rings. The van der Waals surface area contributed by atoms with Crippen LogP contribution in [-0.2, 0) is 4.74 Å². The minimum absolute atomic E-state index is 0. The summed E-state index contributed by atoms with van der Waals surface area (Å²) >= 11 is 0. The van der Waals surface area contributed by atoms with Gasteiger partial charge in [0.25, 0.3) is 0 Å². The maximum Gasteiger partial charge on any atom is 0.191 e. The van der Waals surface area contributed by atoms with Crippen molar-refractivity contribution in [3.8, 4) is 0 Å². The monoisotopic (exact) mass is 480 g/mol. The fourth-order valence-electron chi connectivity index (χ4n) is 4.42. The third kappa shape index (κ3) is 7.50. The Hall–Kier alpha value is -0.0800. The van der Waals surface area contributed by atoms with Crippen molar-refractivity contribution in [1.29, 1.82) is 0 Å². The van der Waals surface area contributed by atoms with E-state index in [9.17, 15) is 0 Å². The molecule has 0 aromatic carbocycles. The summed E-state index contributed by atoms with van der Waals surface area (Å²) in [5.41, 5.74) is 0.396. The molecule has 0 radical (unpaired) electrons. The van der Waals surface area contributed by atoms with Crippen LogP contribution >= 0.6 is 24.0 Å². The minimum Gasteiger partial charge on any atom is -0.385 e. The first-order valence-corrected chi connectivity index (χ1v) is 10.3. The average Bonchev–Trinajstić information content (AvgIpc) is 3.09. The van der Waals surface area contributed by atoms with E-state index in [2.05, 4.69) is 34.4 Å². The van der Waals surface area contributed by atoms with Gasteiger partial charge in [0.2, 0.25) is 0 Å². The highest BCUT2D eigenvalue weighted by Crippen LogP contribution is 2.40. The summed E-state index contributed by atoms with van der Waals surface area (Å²) in [6.45, 7) is 9.96. The Morgan fingerprint density at radius 2 is 1.96 bits per heavy atom. The first-order valence-electron chi connectivity index (χ1n) is 10.3. The molecule has 1 saturated heterocycles. The Kier molecular flexibility index (Phi) is 11.4. The molecule has 0 aromatic rings. The van der Waals surface area contributed by atoms with Crippen LogP contribution in [0.2, 0.25) is 0 Å². The maximum atomic E-state index is 5.34. The molecule has 1 atom stereocenters. The maximum absolute atomic E-state index is 5.34. The number of hydrogen-bond acceptors (Lipinski definition) is 3. The zero-order valence-corrected chi connectivity index (χ0v) is 19.7. The number of halogens is 1. The lowest BCUT2D eigenvalue weighted by atomic mass is 9.83. The van der Waals surface area contributed by atoms with Crippen LogP contribution in [0.3, 0.4) is 0 Å². The number of methoxy groups -OCH3 is 1. The molecule has 0 bridgehead atoms. The molecule has 2 aliphatic rings. The van der Waals surface area contributed by atoms with E-state index in [1.54, 1.807) is 7.11 Å². The summed E-state index contributed by atoms with van der Waals surface area (Å²) in [5, 5.41) is 7.18. The van der Waals surface area contributed by atoms with Gasteiger partial charge in [0.05, 0.1) is 0 Å². The van der Waals surface area contributed by atoms with Crippen LogP contribution in [0.1, 0.15) is 58.8 Å². The molecule has 1 aliphatic heterocycles. The lowest BCUT2D eigenvalue weighted by molar-refractivity contribution is 0.137. The smallest absolute Gasteiger partial charge is 0.191 e. The molecule has 1 heterocycles. The van der Waals surface area contributed by atoms with E-state index in [-0.39, 0.29) is 24.0 Å². The third-order valence-corrected chi connectivity index (χ3v) is 6.19. The van der Waals surface area contributed by atoms with E-state index in [0.717, 1.165) is 38.0 Å². The average molecular weight is 480 g/mol. The summed E-state index contributed by atoms with van der Waals surface area (Å²) in [7, 11) is 3.69. The van der Waals surface area contributed by atoms with Gasteiger partial charge in [0.1, 0.15) is 0 Å². The number of hydrogen-bond donors (Lipinski definition) is 2. The third-order valence-electron chi connectivity index (χ3n) is 6.19. The second-order valence-corrected chi connectivity index (χ2v) is 8.35. The molecule has 0 spiro atoms. The number of ether oxygens (including phenoxy) is 1. The van der Waals surface area contributed by atoms with E-state index < -0.39 is 0 Å². The standard InChI is InChI=1S/C20H40N4O.HI/c1-17(2)24-12-7-8-18(15-24)14-22-19(21-3)23-16-20(11-13-25-4)9-5-6-10-20;/h17-18H,5-16H2,1-4H3,(H2,21,22,23);1H. The van der Waals surface area contributed by atoms with Crippen molar-refractivity contribution in [3.63, 3.8) is 0 Å². The Bertz CT molecular complexity index is 411. The lowest BCUT2D eigenvalue weighted by Crippen LogP contribution is -2.47. The quantitative estimate of drug-likeness (QED) is 0.317. The van der Waals surface area contributed by atoms with Gasteiger partial charge in [-0.15, -0.1) is 24.0 Å². The van der Waals surface area contributed by atoms with Crippen LogP contribution in [-0.4, -0.2) is 63.8 Å². The van der Waals surface area contributed by atoms with Gasteiger partial charge in [-0.25, -0.2) is 0 Å². The number of nitrogens with one attached hydrogen (secondary N) is 2. The Morgan fingerprint density at radius 1 is 1.23 bits per heavy atom. The summed E-state index contributed by atoms with van der Waals surface area (Å²) in [4.78, 5) is 7.05. The number of aliphatic imine (C=N–C) groups is 1. The van der Waals surface area contributed by atoms with E-state index in [4.69, 9.17) is 4.74 Å². The fourth-order valence-corrected chi connectivity index (χ4v) is 4.42. The molecule has 5 nitrogen and oxygen atoms in total. The molecule has 1 aliphatic carbocycles. The molecule has 1 unspecified atom stereocenters. The van der Waals surface area contributed by atoms with Crippen molar-refractivity contribution in [2.24, 2.45) is 16.3 Å². The van der Waals surface area contributed by atoms with E-state index in [1.165, 1.54) is 51.6 Å². The molecular formula is C20H41IN4O. The zero-order chi connectivity index (χ0) is 18.1. The molecule has 0 amide bonds. The second-order valence-electron chi connectivity index (χ2n) is 8.35. The predicted molar refractivity (Wildman–Crippen MR) is 122 cm³/mol. The molecule has 26 heavy (non-hydrogen) atoms. The van der Waals surface area contributed by atoms with Crippen molar-refractivity contribution in [2.45, 2.75) is 64.8 Å². The van der Waals surface area contributed by atoms with E-state index in [0.29, 0.717) is 11.5 Å². The van der Waals surface area contributed by atoms with Gasteiger partial charge < -0.3 is 20.3 Å². The highest BCUT2D eigenvalue weighted by atomic mass is 127. The van der Waals surface area contributed by atoms with Crippen LogP contribution in [0.5, 0.6) is 0 Å². The van der Waals surface area contributed by atoms with Gasteiger partial charge in [0.15, 0.2) is 5.96 Å². The molecule has 2 rings (SSSR count). The van der Waals surface area contributed by atoms with Gasteiger partial charge in [0, 0.05) is 46.4 Å². The number of rotatable bonds is 8. The van der Waals surface area contributed by atoms with Crippen LogP contribution < -0.4 is 10.6 Å². The molecular weight excluding hydrogens is 439 g/mol. The predicted octanol–water partition coefficient (Wildman–Crippen LogP) is 3.49. The number of nitrogens with zero attached hydrogens (tertiary/aromatic N) is 2. The van der Waals surface area contributed by atoms with Gasteiger partial charge in [-0.2, -0.15) is 0 Å². The van der Waals surface area contributed by atoms with Crippen molar-refractivity contribution in [2.75, 3.05) is 46.9 Å². The van der Waals surface area contributed by atoms with Gasteiger partial charge in [-0.1, -0.05) is 12.8 Å². The van der Waals surface area contributed by atoms with Crippen LogP contribution in [0.15, 0.2) is 4.99 Å². The lowest BCUT2D eigenvalue weighted by Gasteiger charge is -2.36. The first kappa shape index (κ1) is 24.0. The van der Waals surface area contributed by atoms with E-state index in [1.807, 2.05) is 7.05 Å². The van der Waals surface area contributed by atoms with Gasteiger partial charge >= 0.3 is 0 Å². The number of guanidine groups is 1. The SMILES string of the molecule is CN=C(NCC1CCCN(C(C)C)C1)NCC1(CCOC)CCCC1.I. The van der Waals surface area contributed by atoms with Crippen molar-refractivity contribution >= 4 is 29.9 Å². The topological polar surface area (TPSA) is 48.9 Å². The molecule has 2 N–H and O–H groups in total. The minimum atomic E-state index is 0. The van der Waals surface area contributed by atoms with Gasteiger partial charge in [-0.05, 0) is 63.8 Å². The molecule has 1 saturated carbocycles. The largest absolute Gasteiger partial charge is 0.385 e. The molecule has 0 aromatic heterocycles. The van der Waals surface area contributed by atoms with Crippen LogP contribution in [0, 0.1) is 11.3 Å². The van der Waals surface area contributed by atoms with Crippen molar-refractivity contribution in [1.82, 2.24) is 15.5 Å².